The highest BCUT2D eigenvalue weighted by molar-refractivity contribution is 7.94. The summed E-state index contributed by atoms with van der Waals surface area (Å²) in [6, 6.07) is 1.57. The number of nitrogens with two attached hydrogens (primary N) is 1. The van der Waals surface area contributed by atoms with Crippen LogP contribution in [0.2, 0.25) is 0 Å². The van der Waals surface area contributed by atoms with E-state index in [9.17, 15) is 8.42 Å². The number of methoxy groups -OCH3 is 1. The van der Waals surface area contributed by atoms with Crippen molar-refractivity contribution in [1.29, 1.82) is 0 Å². The van der Waals surface area contributed by atoms with E-state index < -0.39 is 10.0 Å². The fourth-order valence-corrected chi connectivity index (χ4v) is 3.78. The van der Waals surface area contributed by atoms with E-state index in [-0.39, 0.29) is 4.21 Å². The van der Waals surface area contributed by atoms with E-state index in [1.54, 1.807) is 29.4 Å². The van der Waals surface area contributed by atoms with Crippen LogP contribution in [0.15, 0.2) is 28.0 Å². The van der Waals surface area contributed by atoms with Crippen molar-refractivity contribution in [2.75, 3.05) is 18.4 Å². The van der Waals surface area contributed by atoms with Crippen LogP contribution in [-0.4, -0.2) is 31.9 Å². The maximum absolute atomic E-state index is 12.2. The van der Waals surface area contributed by atoms with Crippen molar-refractivity contribution in [3.8, 4) is 0 Å². The van der Waals surface area contributed by atoms with E-state index in [1.165, 1.54) is 6.20 Å². The molecule has 2 rings (SSSR count). The predicted molar refractivity (Wildman–Crippen MR) is 77.1 cm³/mol. The number of aromatic nitrogens is 2. The highest BCUT2D eigenvalue weighted by atomic mass is 32.2. The number of hydrogen-bond acceptors (Lipinski definition) is 6. The Kier molecular flexibility index (Phi) is 4.76. The van der Waals surface area contributed by atoms with Crippen molar-refractivity contribution in [3.05, 3.63) is 29.4 Å². The van der Waals surface area contributed by atoms with Gasteiger partial charge in [-0.1, -0.05) is 0 Å². The summed E-state index contributed by atoms with van der Waals surface area (Å²) in [4.78, 5) is 0. The zero-order valence-electron chi connectivity index (χ0n) is 10.9. The largest absolute Gasteiger partial charge is 0.383 e. The lowest BCUT2D eigenvalue weighted by atomic mass is 10.4. The minimum absolute atomic E-state index is 0.239. The summed E-state index contributed by atoms with van der Waals surface area (Å²) in [6.07, 6.45) is 3.08. The third-order valence-corrected chi connectivity index (χ3v) is 5.41. The fourth-order valence-electron chi connectivity index (χ4n) is 1.53. The third-order valence-electron chi connectivity index (χ3n) is 2.54. The SMILES string of the molecule is COCCn1cc(NS(=O)(=O)c2cc(CN)cs2)cn1. The number of nitrogens with one attached hydrogen (secondary N) is 1. The number of anilines is 1. The van der Waals surface area contributed by atoms with E-state index in [0.29, 0.717) is 25.4 Å². The average Bonchev–Trinajstić information content (AvgIpc) is 3.04. The van der Waals surface area contributed by atoms with Gasteiger partial charge in [-0.25, -0.2) is 8.42 Å². The van der Waals surface area contributed by atoms with Crippen molar-refractivity contribution in [3.63, 3.8) is 0 Å². The van der Waals surface area contributed by atoms with Gasteiger partial charge in [0, 0.05) is 19.9 Å². The molecule has 0 aliphatic carbocycles. The molecular formula is C11H16N4O3S2. The number of rotatable bonds is 7. The fraction of sp³-hybridized carbons (Fsp3) is 0.364. The number of nitrogens with zero attached hydrogens (tertiary/aromatic N) is 2. The monoisotopic (exact) mass is 316 g/mol. The van der Waals surface area contributed by atoms with Gasteiger partial charge in [0.1, 0.15) is 4.21 Å². The van der Waals surface area contributed by atoms with Crippen molar-refractivity contribution in [2.24, 2.45) is 5.73 Å². The Morgan fingerprint density at radius 3 is 3.00 bits per heavy atom. The average molecular weight is 316 g/mol. The molecule has 0 amide bonds. The van der Waals surface area contributed by atoms with Crippen LogP contribution >= 0.6 is 11.3 Å². The highest BCUT2D eigenvalue weighted by Crippen LogP contribution is 2.22. The first-order valence-electron chi connectivity index (χ1n) is 5.87. The van der Waals surface area contributed by atoms with Gasteiger partial charge in [-0.3, -0.25) is 9.40 Å². The predicted octanol–water partition coefficient (Wildman–Crippen LogP) is 0.851. The lowest BCUT2D eigenvalue weighted by Crippen LogP contribution is -2.11. The second-order valence-corrected chi connectivity index (χ2v) is 6.89. The first kappa shape index (κ1) is 15.0. The molecule has 0 saturated heterocycles. The van der Waals surface area contributed by atoms with Gasteiger partial charge in [-0.2, -0.15) is 5.10 Å². The molecule has 0 fully saturated rings. The number of thiophene rings is 1. The molecule has 0 aliphatic rings. The van der Waals surface area contributed by atoms with E-state index in [1.807, 2.05) is 0 Å². The minimum atomic E-state index is -3.58. The van der Waals surface area contributed by atoms with E-state index in [2.05, 4.69) is 9.82 Å². The van der Waals surface area contributed by atoms with E-state index in [0.717, 1.165) is 16.9 Å². The molecule has 2 heterocycles. The van der Waals surface area contributed by atoms with Gasteiger partial charge in [0.2, 0.25) is 0 Å². The van der Waals surface area contributed by atoms with Crippen LogP contribution in [0.4, 0.5) is 5.69 Å². The smallest absolute Gasteiger partial charge is 0.271 e. The van der Waals surface area contributed by atoms with Crippen LogP contribution in [0.25, 0.3) is 0 Å². The molecule has 0 atom stereocenters. The quantitative estimate of drug-likeness (QED) is 0.789. The maximum atomic E-state index is 12.2. The maximum Gasteiger partial charge on any atom is 0.271 e. The molecule has 0 unspecified atom stereocenters. The highest BCUT2D eigenvalue weighted by Gasteiger charge is 2.17. The lowest BCUT2D eigenvalue weighted by molar-refractivity contribution is 0.183. The van der Waals surface area contributed by atoms with Gasteiger partial charge in [0.15, 0.2) is 0 Å². The first-order chi connectivity index (χ1) is 9.55. The Bertz CT molecular complexity index is 663. The van der Waals surface area contributed by atoms with E-state index >= 15 is 0 Å². The van der Waals surface area contributed by atoms with Crippen molar-refractivity contribution >= 4 is 27.0 Å². The Hall–Kier alpha value is -1.42. The van der Waals surface area contributed by atoms with E-state index in [4.69, 9.17) is 10.5 Å². The first-order valence-corrected chi connectivity index (χ1v) is 8.23. The molecular weight excluding hydrogens is 300 g/mol. The summed E-state index contributed by atoms with van der Waals surface area (Å²) >= 11 is 1.14. The Morgan fingerprint density at radius 2 is 2.35 bits per heavy atom. The van der Waals surface area contributed by atoms with Gasteiger partial charge in [-0.05, 0) is 17.0 Å². The second kappa shape index (κ2) is 6.35. The molecule has 9 heteroatoms. The molecule has 0 saturated carbocycles. The molecule has 0 radical (unpaired) electrons. The van der Waals surface area contributed by atoms with Crippen molar-refractivity contribution in [2.45, 2.75) is 17.3 Å². The zero-order valence-corrected chi connectivity index (χ0v) is 12.6. The van der Waals surface area contributed by atoms with Gasteiger partial charge in [0.25, 0.3) is 10.0 Å². The molecule has 110 valence electrons. The lowest BCUT2D eigenvalue weighted by Gasteiger charge is -2.03. The van der Waals surface area contributed by atoms with Gasteiger partial charge >= 0.3 is 0 Å². The summed E-state index contributed by atoms with van der Waals surface area (Å²) < 4.78 is 33.6. The summed E-state index contributed by atoms with van der Waals surface area (Å²) in [7, 11) is -1.99. The molecule has 3 N–H and O–H groups in total. The van der Waals surface area contributed by atoms with Crippen molar-refractivity contribution in [1.82, 2.24) is 9.78 Å². The Balaban J connectivity index is 2.09. The zero-order chi connectivity index (χ0) is 14.6. The number of hydrogen-bond donors (Lipinski definition) is 2. The molecule has 7 nitrogen and oxygen atoms in total. The van der Waals surface area contributed by atoms with Gasteiger partial charge < -0.3 is 10.5 Å². The van der Waals surface area contributed by atoms with Crippen LogP contribution in [0.3, 0.4) is 0 Å². The van der Waals surface area contributed by atoms with Crippen LogP contribution in [0, 0.1) is 0 Å². The molecule has 0 aliphatic heterocycles. The molecule has 0 spiro atoms. The van der Waals surface area contributed by atoms with Crippen LogP contribution in [0.5, 0.6) is 0 Å². The second-order valence-electron chi connectivity index (χ2n) is 4.07. The topological polar surface area (TPSA) is 99.2 Å². The minimum Gasteiger partial charge on any atom is -0.383 e. The summed E-state index contributed by atoms with van der Waals surface area (Å²) in [5, 5.41) is 5.78. The number of sulfonamides is 1. The normalized spacial score (nSPS) is 11.7. The summed E-state index contributed by atoms with van der Waals surface area (Å²) in [5.74, 6) is 0. The standard InChI is InChI=1S/C11H16N4O3S2/c1-18-3-2-15-7-10(6-13-15)14-20(16,17)11-4-9(5-12)8-19-11/h4,6-8,14H,2-3,5,12H2,1H3. The van der Waals surface area contributed by atoms with Crippen molar-refractivity contribution < 1.29 is 13.2 Å². The molecule has 20 heavy (non-hydrogen) atoms. The summed E-state index contributed by atoms with van der Waals surface area (Å²) in [5.41, 5.74) is 6.69. The van der Waals surface area contributed by atoms with Gasteiger partial charge in [-0.15, -0.1) is 11.3 Å². The van der Waals surface area contributed by atoms with Crippen LogP contribution < -0.4 is 10.5 Å². The molecule has 2 aromatic heterocycles. The molecule has 0 aromatic carbocycles. The van der Waals surface area contributed by atoms with Gasteiger partial charge in [0.05, 0.1) is 25.0 Å². The number of ether oxygens (including phenoxy) is 1. The van der Waals surface area contributed by atoms with Crippen LogP contribution in [-0.2, 0) is 27.8 Å². The Labute approximate surface area is 121 Å². The Morgan fingerprint density at radius 1 is 1.55 bits per heavy atom. The molecule has 2 aromatic rings. The summed E-state index contributed by atoms with van der Waals surface area (Å²) in [6.45, 7) is 1.40. The third kappa shape index (κ3) is 3.57. The molecule has 0 bridgehead atoms. The van der Waals surface area contributed by atoms with Crippen LogP contribution in [0.1, 0.15) is 5.56 Å².